The zero-order valence-electron chi connectivity index (χ0n) is 10.7. The Morgan fingerprint density at radius 1 is 1.32 bits per heavy atom. The number of aromatic nitrogens is 1. The van der Waals surface area contributed by atoms with E-state index in [1.165, 1.54) is 6.26 Å². The number of hydrogen-bond donors (Lipinski definition) is 0. The average Bonchev–Trinajstić information content (AvgIpc) is 2.85. The van der Waals surface area contributed by atoms with Gasteiger partial charge in [-0.05, 0) is 18.6 Å². The maximum absolute atomic E-state index is 11.3. The molecule has 0 unspecified atom stereocenters. The van der Waals surface area contributed by atoms with Gasteiger partial charge in [0, 0.05) is 6.08 Å². The summed E-state index contributed by atoms with van der Waals surface area (Å²) in [6.45, 7) is 2.15. The number of hydrogen-bond acceptors (Lipinski definition) is 4. The van der Waals surface area contributed by atoms with Gasteiger partial charge >= 0.3 is 5.97 Å². The fourth-order valence-electron chi connectivity index (χ4n) is 1.57. The molecule has 0 saturated carbocycles. The molecule has 0 saturated heterocycles. The van der Waals surface area contributed by atoms with E-state index < -0.39 is 0 Å². The van der Waals surface area contributed by atoms with Crippen LogP contribution in [-0.4, -0.2) is 17.6 Å². The monoisotopic (exact) mass is 257 g/mol. The van der Waals surface area contributed by atoms with Crippen molar-refractivity contribution >= 4 is 18.1 Å². The van der Waals surface area contributed by atoms with Crippen molar-refractivity contribution in [3.63, 3.8) is 0 Å². The van der Waals surface area contributed by atoms with E-state index in [1.807, 2.05) is 36.4 Å². The first-order chi connectivity index (χ1) is 9.28. The summed E-state index contributed by atoms with van der Waals surface area (Å²) in [6.07, 6.45) is 5.28. The smallest absolute Gasteiger partial charge is 0.311 e. The van der Waals surface area contributed by atoms with E-state index >= 15 is 0 Å². The topological polar surface area (TPSA) is 52.3 Å². The Kier molecular flexibility index (Phi) is 4.50. The lowest BCUT2D eigenvalue weighted by Gasteiger charge is -1.96. The van der Waals surface area contributed by atoms with Gasteiger partial charge in [-0.25, -0.2) is 4.98 Å². The second-order valence-electron chi connectivity index (χ2n) is 3.90. The summed E-state index contributed by atoms with van der Waals surface area (Å²) in [5.41, 5.74) is 1.64. The third-order valence-corrected chi connectivity index (χ3v) is 2.42. The molecule has 1 aromatic carbocycles. The Morgan fingerprint density at radius 3 is 2.84 bits per heavy atom. The molecule has 1 aromatic heterocycles. The SMILES string of the molecule is CCOC(=O)Cc1coc(C=Cc2ccccc2)n1. The molecule has 4 nitrogen and oxygen atoms in total. The summed E-state index contributed by atoms with van der Waals surface area (Å²) in [4.78, 5) is 15.5. The van der Waals surface area contributed by atoms with Crippen LogP contribution in [0.15, 0.2) is 41.0 Å². The van der Waals surface area contributed by atoms with Crippen LogP contribution < -0.4 is 0 Å². The molecule has 0 fully saturated rings. The molecule has 0 aliphatic rings. The largest absolute Gasteiger partial charge is 0.466 e. The minimum Gasteiger partial charge on any atom is -0.466 e. The lowest BCUT2D eigenvalue weighted by atomic mass is 10.2. The van der Waals surface area contributed by atoms with E-state index in [1.54, 1.807) is 13.0 Å². The van der Waals surface area contributed by atoms with Crippen molar-refractivity contribution in [2.75, 3.05) is 6.61 Å². The summed E-state index contributed by atoms with van der Waals surface area (Å²) in [7, 11) is 0. The van der Waals surface area contributed by atoms with Crippen LogP contribution in [0.25, 0.3) is 12.2 Å². The van der Waals surface area contributed by atoms with Crippen molar-refractivity contribution in [2.24, 2.45) is 0 Å². The first kappa shape index (κ1) is 13.1. The summed E-state index contributed by atoms with van der Waals surface area (Å²) in [6, 6.07) is 9.85. The lowest BCUT2D eigenvalue weighted by molar-refractivity contribution is -0.142. The van der Waals surface area contributed by atoms with Gasteiger partial charge in [0.05, 0.1) is 18.7 Å². The van der Waals surface area contributed by atoms with Gasteiger partial charge in [0.25, 0.3) is 0 Å². The summed E-state index contributed by atoms with van der Waals surface area (Å²) >= 11 is 0. The van der Waals surface area contributed by atoms with Gasteiger partial charge in [0.15, 0.2) is 0 Å². The highest BCUT2D eigenvalue weighted by molar-refractivity contribution is 5.72. The predicted molar refractivity (Wildman–Crippen MR) is 72.2 cm³/mol. The van der Waals surface area contributed by atoms with Crippen LogP contribution in [0.3, 0.4) is 0 Å². The Balaban J connectivity index is 1.98. The van der Waals surface area contributed by atoms with Crippen LogP contribution in [0.4, 0.5) is 0 Å². The molecule has 98 valence electrons. The maximum Gasteiger partial charge on any atom is 0.311 e. The molecule has 2 rings (SSSR count). The molecule has 0 aliphatic carbocycles. The number of rotatable bonds is 5. The third-order valence-electron chi connectivity index (χ3n) is 2.42. The number of benzene rings is 1. The highest BCUT2D eigenvalue weighted by atomic mass is 16.5. The van der Waals surface area contributed by atoms with Crippen LogP contribution in [0.2, 0.25) is 0 Å². The van der Waals surface area contributed by atoms with Crippen molar-refractivity contribution in [1.29, 1.82) is 0 Å². The summed E-state index contributed by atoms with van der Waals surface area (Å²) < 4.78 is 10.1. The molecular weight excluding hydrogens is 242 g/mol. The molecule has 4 heteroatoms. The van der Waals surface area contributed by atoms with Crippen LogP contribution in [-0.2, 0) is 16.0 Å². The first-order valence-electron chi connectivity index (χ1n) is 6.11. The minimum absolute atomic E-state index is 0.135. The summed E-state index contributed by atoms with van der Waals surface area (Å²) in [5, 5.41) is 0. The van der Waals surface area contributed by atoms with Gasteiger partial charge in [-0.1, -0.05) is 30.3 Å². The van der Waals surface area contributed by atoms with Crippen molar-refractivity contribution in [3.8, 4) is 0 Å². The first-order valence-corrected chi connectivity index (χ1v) is 6.11. The van der Waals surface area contributed by atoms with Crippen LogP contribution in [0.5, 0.6) is 0 Å². The zero-order chi connectivity index (χ0) is 13.5. The highest BCUT2D eigenvalue weighted by Gasteiger charge is 2.08. The van der Waals surface area contributed by atoms with E-state index in [0.29, 0.717) is 18.2 Å². The zero-order valence-corrected chi connectivity index (χ0v) is 10.7. The Morgan fingerprint density at radius 2 is 2.11 bits per heavy atom. The van der Waals surface area contributed by atoms with Crippen molar-refractivity contribution in [1.82, 2.24) is 4.98 Å². The fraction of sp³-hybridized carbons (Fsp3) is 0.200. The van der Waals surface area contributed by atoms with E-state index in [0.717, 1.165) is 5.56 Å². The standard InChI is InChI=1S/C15H15NO3/c1-2-18-15(17)10-13-11-19-14(16-13)9-8-12-6-4-3-5-7-12/h3-9,11H,2,10H2,1H3. The lowest BCUT2D eigenvalue weighted by Crippen LogP contribution is -2.07. The predicted octanol–water partition coefficient (Wildman–Crippen LogP) is 2.95. The van der Waals surface area contributed by atoms with E-state index in [-0.39, 0.29) is 12.4 Å². The van der Waals surface area contributed by atoms with Gasteiger partial charge in [-0.15, -0.1) is 0 Å². The van der Waals surface area contributed by atoms with Gasteiger partial charge in [0.2, 0.25) is 5.89 Å². The molecular formula is C15H15NO3. The molecule has 0 atom stereocenters. The van der Waals surface area contributed by atoms with E-state index in [4.69, 9.17) is 9.15 Å². The van der Waals surface area contributed by atoms with Crippen LogP contribution >= 0.6 is 0 Å². The van der Waals surface area contributed by atoms with Gasteiger partial charge in [-0.2, -0.15) is 0 Å². The molecule has 0 spiro atoms. The normalized spacial score (nSPS) is 10.8. The number of oxazole rings is 1. The molecule has 19 heavy (non-hydrogen) atoms. The van der Waals surface area contributed by atoms with Gasteiger partial charge in [0.1, 0.15) is 6.26 Å². The summed E-state index contributed by atoms with van der Waals surface area (Å²) in [5.74, 6) is 0.178. The van der Waals surface area contributed by atoms with Crippen molar-refractivity contribution in [3.05, 3.63) is 53.7 Å². The number of carbonyl (C=O) groups is 1. The molecule has 0 N–H and O–H groups in total. The fourth-order valence-corrected chi connectivity index (χ4v) is 1.57. The number of esters is 1. The van der Waals surface area contributed by atoms with Crippen LogP contribution in [0.1, 0.15) is 24.1 Å². The Labute approximate surface area is 111 Å². The second kappa shape index (κ2) is 6.54. The van der Waals surface area contributed by atoms with Crippen LogP contribution in [0, 0.1) is 0 Å². The minimum atomic E-state index is -0.297. The van der Waals surface area contributed by atoms with Crippen molar-refractivity contribution < 1.29 is 13.9 Å². The Bertz CT molecular complexity index is 558. The number of carbonyl (C=O) groups excluding carboxylic acids is 1. The number of nitrogens with zero attached hydrogens (tertiary/aromatic N) is 1. The average molecular weight is 257 g/mol. The van der Waals surface area contributed by atoms with Gasteiger partial charge < -0.3 is 9.15 Å². The Hall–Kier alpha value is -2.36. The third kappa shape index (κ3) is 4.10. The second-order valence-corrected chi connectivity index (χ2v) is 3.90. The quantitative estimate of drug-likeness (QED) is 0.773. The molecule has 2 aromatic rings. The molecule has 0 radical (unpaired) electrons. The van der Waals surface area contributed by atoms with Crippen molar-refractivity contribution in [2.45, 2.75) is 13.3 Å². The highest BCUT2D eigenvalue weighted by Crippen LogP contribution is 2.09. The van der Waals surface area contributed by atoms with Gasteiger partial charge in [-0.3, -0.25) is 4.79 Å². The molecule has 0 aliphatic heterocycles. The molecule has 1 heterocycles. The maximum atomic E-state index is 11.3. The molecule has 0 amide bonds. The van der Waals surface area contributed by atoms with E-state index in [2.05, 4.69) is 4.98 Å². The van der Waals surface area contributed by atoms with E-state index in [9.17, 15) is 4.79 Å². The molecule has 0 bridgehead atoms. The number of ether oxygens (including phenoxy) is 1.